The number of hydrogen-bond acceptors (Lipinski definition) is 2. The van der Waals surface area contributed by atoms with Crippen molar-refractivity contribution in [2.24, 2.45) is 0 Å². The van der Waals surface area contributed by atoms with Gasteiger partial charge >= 0.3 is 11.9 Å². The van der Waals surface area contributed by atoms with Crippen LogP contribution in [0.4, 0.5) is 8.78 Å². The first kappa shape index (κ1) is 12.8. The molecule has 0 aromatic rings. The van der Waals surface area contributed by atoms with Gasteiger partial charge in [0, 0.05) is 0 Å². The Labute approximate surface area is 81.5 Å². The van der Waals surface area contributed by atoms with Crippen molar-refractivity contribution in [3.05, 3.63) is 0 Å². The average Bonchev–Trinajstić information content (AvgIpc) is 2.14. The Kier molecular flexibility index (Phi) is 4.02. The average molecular weight is 205 g/mol. The molecule has 0 saturated carbocycles. The first-order chi connectivity index (χ1) is 6.27. The zero-order chi connectivity index (χ0) is 11.4. The molecule has 0 aliphatic heterocycles. The van der Waals surface area contributed by atoms with Crippen molar-refractivity contribution in [3.8, 4) is 12.3 Å². The monoisotopic (exact) mass is 205 g/mol. The SMILES string of the molecule is C#CC(C)(CC)NCC(F)(F)C(=O)O. The lowest BCUT2D eigenvalue weighted by Crippen LogP contribution is -2.49. The van der Waals surface area contributed by atoms with Crippen molar-refractivity contribution in [2.75, 3.05) is 6.54 Å². The number of nitrogens with one attached hydrogen (secondary N) is 1. The molecule has 0 bridgehead atoms. The molecular weight excluding hydrogens is 192 g/mol. The number of aliphatic carboxylic acids is 1. The molecule has 0 spiro atoms. The Bertz CT molecular complexity index is 260. The Hall–Kier alpha value is -1.15. The minimum absolute atomic E-state index is 0.444. The summed E-state index contributed by atoms with van der Waals surface area (Å²) in [6, 6.07) is 0. The molecule has 14 heavy (non-hydrogen) atoms. The fraction of sp³-hybridized carbons (Fsp3) is 0.667. The first-order valence-corrected chi connectivity index (χ1v) is 4.11. The van der Waals surface area contributed by atoms with Crippen LogP contribution >= 0.6 is 0 Å². The van der Waals surface area contributed by atoms with Crippen molar-refractivity contribution in [2.45, 2.75) is 31.7 Å². The normalized spacial score (nSPS) is 15.6. The standard InChI is InChI=1S/C9H13F2NO2/c1-4-8(3,5-2)12-6-9(10,11)7(13)14/h1,12H,5-6H2,2-3H3,(H,13,14). The second kappa shape index (κ2) is 4.38. The topological polar surface area (TPSA) is 49.3 Å². The molecule has 2 N–H and O–H groups in total. The number of carboxylic acid groups (broad SMARTS) is 1. The van der Waals surface area contributed by atoms with Gasteiger partial charge in [0.25, 0.3) is 0 Å². The van der Waals surface area contributed by atoms with Crippen LogP contribution in [0.3, 0.4) is 0 Å². The Morgan fingerprint density at radius 1 is 1.64 bits per heavy atom. The van der Waals surface area contributed by atoms with E-state index in [9.17, 15) is 13.6 Å². The zero-order valence-corrected chi connectivity index (χ0v) is 8.10. The third-order valence-electron chi connectivity index (χ3n) is 2.04. The van der Waals surface area contributed by atoms with E-state index in [1.165, 1.54) is 0 Å². The highest BCUT2D eigenvalue weighted by molar-refractivity contribution is 5.75. The summed E-state index contributed by atoms with van der Waals surface area (Å²) in [5, 5.41) is 10.5. The number of carboxylic acids is 1. The molecular formula is C9H13F2NO2. The van der Waals surface area contributed by atoms with E-state index in [-0.39, 0.29) is 0 Å². The van der Waals surface area contributed by atoms with E-state index in [0.717, 1.165) is 0 Å². The maximum absolute atomic E-state index is 12.6. The summed E-state index contributed by atoms with van der Waals surface area (Å²) in [6.07, 6.45) is 5.56. The van der Waals surface area contributed by atoms with Crippen molar-refractivity contribution < 1.29 is 18.7 Å². The van der Waals surface area contributed by atoms with Crippen molar-refractivity contribution in [1.29, 1.82) is 0 Å². The van der Waals surface area contributed by atoms with Gasteiger partial charge in [-0.05, 0) is 13.3 Å². The fourth-order valence-electron chi connectivity index (χ4n) is 0.660. The summed E-state index contributed by atoms with van der Waals surface area (Å²) >= 11 is 0. The van der Waals surface area contributed by atoms with Crippen LogP contribution in [0, 0.1) is 12.3 Å². The second-order valence-corrected chi connectivity index (χ2v) is 3.19. The maximum atomic E-state index is 12.6. The van der Waals surface area contributed by atoms with Crippen molar-refractivity contribution in [3.63, 3.8) is 0 Å². The van der Waals surface area contributed by atoms with E-state index in [4.69, 9.17) is 11.5 Å². The number of carbonyl (C=O) groups is 1. The van der Waals surface area contributed by atoms with Gasteiger partial charge in [0.05, 0.1) is 12.1 Å². The number of hydrogen-bond donors (Lipinski definition) is 2. The van der Waals surface area contributed by atoms with Crippen molar-refractivity contribution >= 4 is 5.97 Å². The fourth-order valence-corrected chi connectivity index (χ4v) is 0.660. The van der Waals surface area contributed by atoms with Crippen molar-refractivity contribution in [1.82, 2.24) is 5.32 Å². The molecule has 0 rings (SSSR count). The van der Waals surface area contributed by atoms with Gasteiger partial charge in [-0.3, -0.25) is 5.32 Å². The molecule has 0 amide bonds. The highest BCUT2D eigenvalue weighted by atomic mass is 19.3. The molecule has 1 unspecified atom stereocenters. The smallest absolute Gasteiger partial charge is 0.375 e. The van der Waals surface area contributed by atoms with Gasteiger partial charge in [-0.1, -0.05) is 12.8 Å². The molecule has 0 heterocycles. The van der Waals surface area contributed by atoms with Gasteiger partial charge < -0.3 is 5.11 Å². The second-order valence-electron chi connectivity index (χ2n) is 3.19. The lowest BCUT2D eigenvalue weighted by molar-refractivity contribution is -0.164. The lowest BCUT2D eigenvalue weighted by atomic mass is 10.00. The van der Waals surface area contributed by atoms with E-state index >= 15 is 0 Å². The number of halogens is 2. The predicted molar refractivity (Wildman–Crippen MR) is 48.1 cm³/mol. The van der Waals surface area contributed by atoms with Gasteiger partial charge in [0.1, 0.15) is 0 Å². The molecule has 1 atom stereocenters. The minimum Gasteiger partial charge on any atom is -0.477 e. The van der Waals surface area contributed by atoms with E-state index in [1.54, 1.807) is 13.8 Å². The molecule has 0 saturated heterocycles. The van der Waals surface area contributed by atoms with Gasteiger partial charge in [-0.2, -0.15) is 8.78 Å². The summed E-state index contributed by atoms with van der Waals surface area (Å²) in [7, 11) is 0. The van der Waals surface area contributed by atoms with E-state index in [0.29, 0.717) is 6.42 Å². The molecule has 80 valence electrons. The quantitative estimate of drug-likeness (QED) is 0.661. The highest BCUT2D eigenvalue weighted by Gasteiger charge is 2.40. The van der Waals surface area contributed by atoms with Crippen LogP contribution in [0.1, 0.15) is 20.3 Å². The largest absolute Gasteiger partial charge is 0.477 e. The van der Waals surface area contributed by atoms with Gasteiger partial charge in [0.2, 0.25) is 0 Å². The molecule has 0 aliphatic rings. The van der Waals surface area contributed by atoms with Gasteiger partial charge in [0.15, 0.2) is 0 Å². The maximum Gasteiger partial charge on any atom is 0.375 e. The van der Waals surface area contributed by atoms with Crippen LogP contribution in [0.2, 0.25) is 0 Å². The Morgan fingerprint density at radius 2 is 2.14 bits per heavy atom. The van der Waals surface area contributed by atoms with Gasteiger partial charge in [-0.25, -0.2) is 4.79 Å². The highest BCUT2D eigenvalue weighted by Crippen LogP contribution is 2.15. The van der Waals surface area contributed by atoms with Crippen LogP contribution in [-0.4, -0.2) is 29.1 Å². The zero-order valence-electron chi connectivity index (χ0n) is 8.10. The van der Waals surface area contributed by atoms with E-state index < -0.39 is 24.0 Å². The lowest BCUT2D eigenvalue weighted by Gasteiger charge is -2.25. The summed E-state index contributed by atoms with van der Waals surface area (Å²) in [4.78, 5) is 10.1. The summed E-state index contributed by atoms with van der Waals surface area (Å²) in [6.45, 7) is 2.33. The summed E-state index contributed by atoms with van der Waals surface area (Å²) in [5.41, 5.74) is -0.890. The Balaban J connectivity index is 4.32. The molecule has 5 heteroatoms. The third kappa shape index (κ3) is 3.30. The van der Waals surface area contributed by atoms with Crippen LogP contribution < -0.4 is 5.32 Å². The molecule has 0 aromatic heterocycles. The molecule has 0 radical (unpaired) electrons. The Morgan fingerprint density at radius 3 is 2.43 bits per heavy atom. The number of alkyl halides is 2. The minimum atomic E-state index is -3.78. The first-order valence-electron chi connectivity index (χ1n) is 4.11. The molecule has 0 aliphatic carbocycles. The number of terminal acetylenes is 1. The van der Waals surface area contributed by atoms with Crippen LogP contribution in [0.15, 0.2) is 0 Å². The van der Waals surface area contributed by atoms with Crippen LogP contribution in [-0.2, 0) is 4.79 Å². The molecule has 3 nitrogen and oxygen atoms in total. The predicted octanol–water partition coefficient (Wildman–Crippen LogP) is 1.10. The summed E-state index contributed by atoms with van der Waals surface area (Å²) < 4.78 is 25.2. The molecule has 0 fully saturated rings. The summed E-state index contributed by atoms with van der Waals surface area (Å²) in [5.74, 6) is -3.63. The molecule has 0 aromatic carbocycles. The van der Waals surface area contributed by atoms with Crippen LogP contribution in [0.25, 0.3) is 0 Å². The van der Waals surface area contributed by atoms with Gasteiger partial charge in [-0.15, -0.1) is 6.42 Å². The van der Waals surface area contributed by atoms with Crippen LogP contribution in [0.5, 0.6) is 0 Å². The van der Waals surface area contributed by atoms with E-state index in [1.807, 2.05) is 0 Å². The van der Waals surface area contributed by atoms with E-state index in [2.05, 4.69) is 11.2 Å². The third-order valence-corrected chi connectivity index (χ3v) is 2.04. The number of rotatable bonds is 5.